The molecule has 0 atom stereocenters. The molecule has 0 aliphatic carbocycles. The van der Waals surface area contributed by atoms with Crippen molar-refractivity contribution in [3.8, 4) is 11.8 Å². The maximum absolute atomic E-state index is 5.37. The molecule has 2 heteroatoms. The van der Waals surface area contributed by atoms with Crippen molar-refractivity contribution in [1.82, 2.24) is 4.98 Å². The van der Waals surface area contributed by atoms with E-state index in [1.165, 1.54) is 5.56 Å². The van der Waals surface area contributed by atoms with Crippen molar-refractivity contribution in [2.45, 2.75) is 32.6 Å². The Hall–Kier alpha value is -1.33. The van der Waals surface area contributed by atoms with Crippen LogP contribution in [0.3, 0.4) is 0 Å². The lowest BCUT2D eigenvalue weighted by Crippen LogP contribution is -1.96. The second-order valence-electron chi connectivity index (χ2n) is 3.43. The van der Waals surface area contributed by atoms with Gasteiger partial charge in [0.1, 0.15) is 0 Å². The van der Waals surface area contributed by atoms with Crippen molar-refractivity contribution in [3.63, 3.8) is 0 Å². The number of hydrogen-bond acceptors (Lipinski definition) is 2. The number of nitrogens with zero attached hydrogens (tertiary/aromatic N) is 1. The first kappa shape index (κ1) is 11.7. The molecule has 1 heterocycles. The van der Waals surface area contributed by atoms with Crippen molar-refractivity contribution in [3.05, 3.63) is 29.6 Å². The van der Waals surface area contributed by atoms with Gasteiger partial charge in [0.15, 0.2) is 0 Å². The fraction of sp³-hybridized carbons (Fsp3) is 0.462. The Labute approximate surface area is 91.9 Å². The van der Waals surface area contributed by atoms with Crippen LogP contribution in [0.4, 0.5) is 0 Å². The van der Waals surface area contributed by atoms with Gasteiger partial charge in [-0.2, -0.15) is 0 Å². The molecule has 1 rings (SSSR count). The van der Waals surface area contributed by atoms with Gasteiger partial charge in [0.05, 0.1) is 12.1 Å². The zero-order chi connectivity index (χ0) is 10.9. The molecule has 0 amide bonds. The summed E-state index contributed by atoms with van der Waals surface area (Å²) in [5, 5.41) is 0. The summed E-state index contributed by atoms with van der Waals surface area (Å²) >= 11 is 0. The number of aryl methyl sites for hydroxylation is 1. The van der Waals surface area contributed by atoms with Crippen LogP contribution in [-0.4, -0.2) is 11.5 Å². The molecule has 0 aromatic carbocycles. The van der Waals surface area contributed by atoms with E-state index in [9.17, 15) is 0 Å². The molecule has 0 unspecified atom stereocenters. The van der Waals surface area contributed by atoms with E-state index in [-0.39, 0.29) is 0 Å². The molecule has 80 valence electrons. The molecule has 0 spiro atoms. The molecule has 0 aliphatic heterocycles. The zero-order valence-electron chi connectivity index (χ0n) is 9.29. The van der Waals surface area contributed by atoms with E-state index in [0.29, 0.717) is 0 Å². The lowest BCUT2D eigenvalue weighted by atomic mass is 10.2. The summed E-state index contributed by atoms with van der Waals surface area (Å²) in [4.78, 5) is 4.34. The van der Waals surface area contributed by atoms with Gasteiger partial charge in [0, 0.05) is 12.6 Å². The average Bonchev–Trinajstić information content (AvgIpc) is 2.30. The Morgan fingerprint density at radius 3 is 2.80 bits per heavy atom. The van der Waals surface area contributed by atoms with Crippen LogP contribution in [0.2, 0.25) is 0 Å². The minimum absolute atomic E-state index is 0.720. The summed E-state index contributed by atoms with van der Waals surface area (Å²) in [7, 11) is 0. The van der Waals surface area contributed by atoms with Gasteiger partial charge in [0.2, 0.25) is 0 Å². The van der Waals surface area contributed by atoms with Gasteiger partial charge < -0.3 is 5.73 Å². The molecule has 0 aliphatic rings. The molecular weight excluding hydrogens is 184 g/mol. The Bertz CT molecular complexity index is 330. The SMILES string of the molecule is CCc1ccc(CC#CCCCN)nc1. The molecule has 0 bridgehead atoms. The third-order valence-electron chi connectivity index (χ3n) is 2.19. The molecule has 2 nitrogen and oxygen atoms in total. The summed E-state index contributed by atoms with van der Waals surface area (Å²) < 4.78 is 0. The Morgan fingerprint density at radius 1 is 1.33 bits per heavy atom. The van der Waals surface area contributed by atoms with Gasteiger partial charge >= 0.3 is 0 Å². The second kappa shape index (κ2) is 7.03. The summed E-state index contributed by atoms with van der Waals surface area (Å²) in [6.07, 6.45) is 5.58. The molecule has 2 N–H and O–H groups in total. The highest BCUT2D eigenvalue weighted by Crippen LogP contribution is 2.01. The minimum atomic E-state index is 0.720. The van der Waals surface area contributed by atoms with E-state index in [1.807, 2.05) is 6.20 Å². The van der Waals surface area contributed by atoms with Gasteiger partial charge in [-0.05, 0) is 31.0 Å². The van der Waals surface area contributed by atoms with Crippen LogP contribution in [0.5, 0.6) is 0 Å². The Kier molecular flexibility index (Phi) is 5.50. The standard InChI is InChI=1S/C13H18N2/c1-2-12-8-9-13(15-11-12)7-5-3-4-6-10-14/h8-9,11H,2,4,6-7,10,14H2,1H3. The number of pyridine rings is 1. The maximum Gasteiger partial charge on any atom is 0.0522 e. The Balaban J connectivity index is 2.39. The van der Waals surface area contributed by atoms with Gasteiger partial charge in [-0.3, -0.25) is 4.98 Å². The van der Waals surface area contributed by atoms with E-state index in [0.717, 1.165) is 37.9 Å². The first-order valence-corrected chi connectivity index (χ1v) is 5.46. The first-order valence-electron chi connectivity index (χ1n) is 5.46. The highest BCUT2D eigenvalue weighted by Gasteiger charge is 1.91. The number of unbranched alkanes of at least 4 members (excludes halogenated alkanes) is 1. The van der Waals surface area contributed by atoms with Crippen molar-refractivity contribution in [2.75, 3.05) is 6.54 Å². The molecule has 1 aromatic heterocycles. The fourth-order valence-electron chi connectivity index (χ4n) is 1.20. The van der Waals surface area contributed by atoms with Crippen molar-refractivity contribution in [2.24, 2.45) is 5.73 Å². The largest absolute Gasteiger partial charge is 0.330 e. The van der Waals surface area contributed by atoms with Gasteiger partial charge in [-0.1, -0.05) is 18.9 Å². The van der Waals surface area contributed by atoms with Crippen LogP contribution >= 0.6 is 0 Å². The van der Waals surface area contributed by atoms with Crippen LogP contribution in [0.25, 0.3) is 0 Å². The third kappa shape index (κ3) is 4.62. The van der Waals surface area contributed by atoms with Crippen LogP contribution in [0.1, 0.15) is 31.0 Å². The van der Waals surface area contributed by atoms with E-state index in [4.69, 9.17) is 5.73 Å². The van der Waals surface area contributed by atoms with E-state index in [2.05, 4.69) is 35.9 Å². The van der Waals surface area contributed by atoms with Crippen molar-refractivity contribution >= 4 is 0 Å². The minimum Gasteiger partial charge on any atom is -0.330 e. The van der Waals surface area contributed by atoms with Crippen LogP contribution in [0, 0.1) is 11.8 Å². The normalized spacial score (nSPS) is 9.47. The molecule has 0 saturated carbocycles. The van der Waals surface area contributed by atoms with Gasteiger partial charge in [0.25, 0.3) is 0 Å². The molecule has 0 saturated heterocycles. The van der Waals surface area contributed by atoms with E-state index in [1.54, 1.807) is 0 Å². The fourth-order valence-corrected chi connectivity index (χ4v) is 1.20. The van der Waals surface area contributed by atoms with Gasteiger partial charge in [-0.25, -0.2) is 0 Å². The summed E-state index contributed by atoms with van der Waals surface area (Å²) in [5.41, 5.74) is 7.70. The number of hydrogen-bond donors (Lipinski definition) is 1. The highest BCUT2D eigenvalue weighted by molar-refractivity contribution is 5.18. The molecule has 15 heavy (non-hydrogen) atoms. The molecule has 0 fully saturated rings. The van der Waals surface area contributed by atoms with Crippen molar-refractivity contribution in [1.29, 1.82) is 0 Å². The first-order chi connectivity index (χ1) is 7.36. The summed E-state index contributed by atoms with van der Waals surface area (Å²) in [6.45, 7) is 2.85. The maximum atomic E-state index is 5.37. The number of rotatable bonds is 4. The smallest absolute Gasteiger partial charge is 0.0522 e. The lowest BCUT2D eigenvalue weighted by molar-refractivity contribution is 0.869. The highest BCUT2D eigenvalue weighted by atomic mass is 14.7. The monoisotopic (exact) mass is 202 g/mol. The number of aromatic nitrogens is 1. The summed E-state index contributed by atoms with van der Waals surface area (Å²) in [6, 6.07) is 4.17. The molecule has 1 aromatic rings. The average molecular weight is 202 g/mol. The predicted molar refractivity (Wildman–Crippen MR) is 63.4 cm³/mol. The van der Waals surface area contributed by atoms with Crippen LogP contribution in [-0.2, 0) is 12.8 Å². The van der Waals surface area contributed by atoms with Crippen LogP contribution in [0.15, 0.2) is 18.3 Å². The lowest BCUT2D eigenvalue weighted by Gasteiger charge is -1.96. The predicted octanol–water partition coefficient (Wildman–Crippen LogP) is 1.93. The third-order valence-corrected chi connectivity index (χ3v) is 2.19. The van der Waals surface area contributed by atoms with Crippen molar-refractivity contribution < 1.29 is 0 Å². The number of nitrogens with two attached hydrogens (primary N) is 1. The summed E-state index contributed by atoms with van der Waals surface area (Å²) in [5.74, 6) is 6.20. The van der Waals surface area contributed by atoms with E-state index >= 15 is 0 Å². The Morgan fingerprint density at radius 2 is 2.20 bits per heavy atom. The topological polar surface area (TPSA) is 38.9 Å². The van der Waals surface area contributed by atoms with Gasteiger partial charge in [-0.15, -0.1) is 5.92 Å². The molecular formula is C13H18N2. The molecule has 0 radical (unpaired) electrons. The van der Waals surface area contributed by atoms with Crippen LogP contribution < -0.4 is 5.73 Å². The quantitative estimate of drug-likeness (QED) is 0.598. The van der Waals surface area contributed by atoms with E-state index < -0.39 is 0 Å². The second-order valence-corrected chi connectivity index (χ2v) is 3.43. The zero-order valence-corrected chi connectivity index (χ0v) is 9.29.